The average Bonchev–Trinajstić information content (AvgIpc) is 2.77. The van der Waals surface area contributed by atoms with Gasteiger partial charge in [0.05, 0.1) is 0 Å². The fraction of sp³-hybridized carbons (Fsp3) is 0.120. The van der Waals surface area contributed by atoms with Gasteiger partial charge in [0.25, 0.3) is 0 Å². The highest BCUT2D eigenvalue weighted by Crippen LogP contribution is 2.21. The molecule has 1 unspecified atom stereocenters. The normalized spacial score (nSPS) is 11.8. The van der Waals surface area contributed by atoms with Crippen LogP contribution < -0.4 is 10.5 Å². The summed E-state index contributed by atoms with van der Waals surface area (Å²) >= 11 is 0. The van der Waals surface area contributed by atoms with E-state index in [-0.39, 0.29) is 0 Å². The Balaban J connectivity index is 1.69. The summed E-state index contributed by atoms with van der Waals surface area (Å²) in [5.41, 5.74) is 7.59. The Morgan fingerprint density at radius 3 is 2.48 bits per heavy atom. The molecule has 0 saturated carbocycles. The number of rotatable bonds is 8. The van der Waals surface area contributed by atoms with Crippen molar-refractivity contribution in [2.75, 3.05) is 7.05 Å². The van der Waals surface area contributed by atoms with Gasteiger partial charge in [0.15, 0.2) is 0 Å². The molecule has 158 valence electrons. The summed E-state index contributed by atoms with van der Waals surface area (Å²) in [5, 5.41) is 0. The zero-order valence-electron chi connectivity index (χ0n) is 17.1. The Morgan fingerprint density at radius 2 is 1.77 bits per heavy atom. The number of ether oxygens (including phenoxy) is 1. The van der Waals surface area contributed by atoms with Gasteiger partial charge in [0.1, 0.15) is 24.2 Å². The van der Waals surface area contributed by atoms with Gasteiger partial charge in [-0.15, -0.1) is 0 Å². The van der Waals surface area contributed by atoms with Crippen LogP contribution in [0.4, 0.5) is 4.39 Å². The van der Waals surface area contributed by atoms with Crippen molar-refractivity contribution in [1.82, 2.24) is 4.90 Å². The third-order valence-corrected chi connectivity index (χ3v) is 4.69. The molecule has 1 atom stereocenters. The second-order valence-corrected chi connectivity index (χ2v) is 6.99. The highest BCUT2D eigenvalue weighted by atomic mass is 19.1. The summed E-state index contributed by atoms with van der Waals surface area (Å²) in [6, 6.07) is 21.5. The van der Waals surface area contributed by atoms with E-state index in [1.807, 2.05) is 54.6 Å². The molecule has 2 amide bonds. The van der Waals surface area contributed by atoms with Crippen molar-refractivity contribution in [3.63, 3.8) is 0 Å². The molecule has 0 spiro atoms. The Hall–Kier alpha value is -3.93. The van der Waals surface area contributed by atoms with Gasteiger partial charge in [-0.2, -0.15) is 0 Å². The molecular weight excluding hydrogens is 395 g/mol. The molecule has 3 rings (SSSR count). The zero-order chi connectivity index (χ0) is 22.2. The monoisotopic (exact) mass is 418 g/mol. The number of hydrogen-bond acceptors (Lipinski definition) is 3. The minimum atomic E-state index is -1.08. The third kappa shape index (κ3) is 6.02. The lowest BCUT2D eigenvalue weighted by atomic mass is 10.0. The van der Waals surface area contributed by atoms with Gasteiger partial charge in [0, 0.05) is 13.1 Å². The van der Waals surface area contributed by atoms with E-state index in [2.05, 4.69) is 0 Å². The number of hydrogen-bond donors (Lipinski definition) is 1. The van der Waals surface area contributed by atoms with E-state index in [9.17, 15) is 14.0 Å². The van der Waals surface area contributed by atoms with Crippen molar-refractivity contribution < 1.29 is 18.7 Å². The summed E-state index contributed by atoms with van der Waals surface area (Å²) in [5.74, 6) is -1.02. The van der Waals surface area contributed by atoms with Crippen LogP contribution in [0.15, 0.2) is 84.9 Å². The lowest BCUT2D eigenvalue weighted by molar-refractivity contribution is -0.134. The maximum absolute atomic E-state index is 13.6. The molecule has 0 bridgehead atoms. The Morgan fingerprint density at radius 1 is 1.03 bits per heavy atom. The zero-order valence-corrected chi connectivity index (χ0v) is 17.1. The lowest BCUT2D eigenvalue weighted by Gasteiger charge is -2.25. The largest absolute Gasteiger partial charge is 0.489 e. The molecule has 0 aliphatic rings. The molecule has 0 fully saturated rings. The number of amides is 2. The molecule has 6 heteroatoms. The van der Waals surface area contributed by atoms with Crippen LogP contribution in [0.25, 0.3) is 6.08 Å². The standard InChI is InChI=1S/C25H23FN2O3/c1-28(24(25(27)30)20-10-6-11-21(26)16-20)23(29)14-13-18-9-5-12-22(15-18)31-17-19-7-3-2-4-8-19/h2-16,24H,17H2,1H3,(H2,27,30)/b14-13+. The quantitative estimate of drug-likeness (QED) is 0.560. The predicted octanol–water partition coefficient (Wildman–Crippen LogP) is 4.10. The first-order valence-electron chi connectivity index (χ1n) is 9.70. The summed E-state index contributed by atoms with van der Waals surface area (Å²) in [4.78, 5) is 25.7. The van der Waals surface area contributed by atoms with Crippen LogP contribution in [0.2, 0.25) is 0 Å². The van der Waals surface area contributed by atoms with Gasteiger partial charge in [0.2, 0.25) is 11.8 Å². The fourth-order valence-electron chi connectivity index (χ4n) is 3.12. The first-order chi connectivity index (χ1) is 14.9. The van der Waals surface area contributed by atoms with Gasteiger partial charge in [-0.3, -0.25) is 9.59 Å². The second kappa shape index (κ2) is 10.2. The number of primary amides is 1. The van der Waals surface area contributed by atoms with E-state index in [0.29, 0.717) is 17.9 Å². The molecule has 0 aliphatic carbocycles. The average molecular weight is 418 g/mol. The van der Waals surface area contributed by atoms with Gasteiger partial charge >= 0.3 is 0 Å². The number of benzene rings is 3. The van der Waals surface area contributed by atoms with Crippen molar-refractivity contribution in [2.24, 2.45) is 5.73 Å². The smallest absolute Gasteiger partial charge is 0.247 e. The van der Waals surface area contributed by atoms with Crippen molar-refractivity contribution in [1.29, 1.82) is 0 Å². The first kappa shape index (κ1) is 21.8. The second-order valence-electron chi connectivity index (χ2n) is 6.99. The van der Waals surface area contributed by atoms with Crippen LogP contribution in [0.3, 0.4) is 0 Å². The number of halogens is 1. The van der Waals surface area contributed by atoms with E-state index >= 15 is 0 Å². The molecule has 5 nitrogen and oxygen atoms in total. The maximum Gasteiger partial charge on any atom is 0.247 e. The van der Waals surface area contributed by atoms with Crippen LogP contribution in [0.5, 0.6) is 5.75 Å². The third-order valence-electron chi connectivity index (χ3n) is 4.69. The topological polar surface area (TPSA) is 72.6 Å². The molecular formula is C25H23FN2O3. The van der Waals surface area contributed by atoms with E-state index < -0.39 is 23.7 Å². The van der Waals surface area contributed by atoms with E-state index in [0.717, 1.165) is 11.1 Å². The number of likely N-dealkylation sites (N-methyl/N-ethyl adjacent to an activating group) is 1. The number of nitrogens with two attached hydrogens (primary N) is 1. The van der Waals surface area contributed by atoms with Crippen LogP contribution in [-0.2, 0) is 16.2 Å². The minimum Gasteiger partial charge on any atom is -0.489 e. The summed E-state index contributed by atoms with van der Waals surface area (Å²) in [7, 11) is 1.45. The maximum atomic E-state index is 13.6. The molecule has 2 N–H and O–H groups in total. The van der Waals surface area contributed by atoms with Crippen LogP contribution >= 0.6 is 0 Å². The molecule has 0 heterocycles. The van der Waals surface area contributed by atoms with Gasteiger partial charge < -0.3 is 15.4 Å². The Labute approximate surface area is 180 Å². The van der Waals surface area contributed by atoms with Crippen molar-refractivity contribution >= 4 is 17.9 Å². The van der Waals surface area contributed by atoms with E-state index in [4.69, 9.17) is 10.5 Å². The summed E-state index contributed by atoms with van der Waals surface area (Å²) < 4.78 is 19.4. The van der Waals surface area contributed by atoms with Gasteiger partial charge in [-0.05, 0) is 47.0 Å². The number of carbonyl (C=O) groups is 2. The van der Waals surface area contributed by atoms with E-state index in [1.54, 1.807) is 12.1 Å². The highest BCUT2D eigenvalue weighted by Gasteiger charge is 2.25. The van der Waals surface area contributed by atoms with Crippen LogP contribution in [0, 0.1) is 5.82 Å². The Bertz CT molecular complexity index is 1080. The lowest BCUT2D eigenvalue weighted by Crippen LogP contribution is -2.38. The van der Waals surface area contributed by atoms with Gasteiger partial charge in [-0.25, -0.2) is 4.39 Å². The number of nitrogens with zero attached hydrogens (tertiary/aromatic N) is 1. The van der Waals surface area contributed by atoms with Crippen molar-refractivity contribution in [2.45, 2.75) is 12.6 Å². The SMILES string of the molecule is CN(C(=O)/C=C/c1cccc(OCc2ccccc2)c1)C(C(N)=O)c1cccc(F)c1. The molecule has 3 aromatic carbocycles. The number of carbonyl (C=O) groups excluding carboxylic acids is 2. The van der Waals surface area contributed by atoms with Gasteiger partial charge in [-0.1, -0.05) is 54.6 Å². The molecule has 3 aromatic rings. The first-order valence-corrected chi connectivity index (χ1v) is 9.70. The van der Waals surface area contributed by atoms with Crippen LogP contribution in [0.1, 0.15) is 22.7 Å². The summed E-state index contributed by atoms with van der Waals surface area (Å²) in [6.07, 6.45) is 2.96. The van der Waals surface area contributed by atoms with Crippen molar-refractivity contribution in [3.8, 4) is 5.75 Å². The molecule has 0 aliphatic heterocycles. The molecule has 0 aromatic heterocycles. The molecule has 0 saturated heterocycles. The predicted molar refractivity (Wildman–Crippen MR) is 117 cm³/mol. The highest BCUT2D eigenvalue weighted by molar-refractivity contribution is 5.95. The molecule has 31 heavy (non-hydrogen) atoms. The van der Waals surface area contributed by atoms with Crippen molar-refractivity contribution in [3.05, 3.63) is 107 Å². The Kier molecular flexibility index (Phi) is 7.17. The molecule has 0 radical (unpaired) electrons. The van der Waals surface area contributed by atoms with E-state index in [1.165, 1.54) is 36.2 Å². The summed E-state index contributed by atoms with van der Waals surface area (Å²) in [6.45, 7) is 0.434. The fourth-order valence-corrected chi connectivity index (χ4v) is 3.12. The minimum absolute atomic E-state index is 0.313. The van der Waals surface area contributed by atoms with Crippen LogP contribution in [-0.4, -0.2) is 23.8 Å².